The average molecular weight is 605 g/mol. The molecule has 1 aliphatic heterocycles. The topological polar surface area (TPSA) is 110 Å². The van der Waals surface area contributed by atoms with Crippen molar-refractivity contribution < 1.29 is 19.4 Å². The van der Waals surface area contributed by atoms with Crippen LogP contribution in [0, 0.1) is 6.92 Å². The SMILES string of the molecule is Cc1cc(C(=O)Nc2nc3cc(O)cc(CI)c3n2[C@@H]2CCCCN(C(=O)OC(C)(C)C)C2)ccn1. The van der Waals surface area contributed by atoms with E-state index in [-0.39, 0.29) is 23.8 Å². The standard InChI is InChI=1S/C26H32IN5O4/c1-16-11-17(8-9-28-16)23(34)30-24-29-21-13-20(33)12-18(14-27)22(21)32(24)19-7-5-6-10-31(15-19)25(35)36-26(2,3)4/h8-9,11-13,19,33H,5-7,10,14-15H2,1-4H3,(H,29,30,34)/t19-/m1/s1. The Kier molecular flexibility index (Phi) is 7.72. The van der Waals surface area contributed by atoms with Gasteiger partial charge in [-0.2, -0.15) is 0 Å². The van der Waals surface area contributed by atoms with Crippen LogP contribution in [-0.2, 0) is 9.16 Å². The van der Waals surface area contributed by atoms with Gasteiger partial charge in [-0.1, -0.05) is 22.6 Å². The normalized spacial score (nSPS) is 16.6. The van der Waals surface area contributed by atoms with Crippen LogP contribution in [0.4, 0.5) is 10.7 Å². The highest BCUT2D eigenvalue weighted by Crippen LogP contribution is 2.35. The van der Waals surface area contributed by atoms with Crippen molar-refractivity contribution in [2.45, 2.75) is 63.0 Å². The minimum absolute atomic E-state index is 0.123. The number of aromatic hydroxyl groups is 1. The van der Waals surface area contributed by atoms with Crippen molar-refractivity contribution in [3.05, 3.63) is 47.3 Å². The lowest BCUT2D eigenvalue weighted by atomic mass is 10.1. The predicted octanol–water partition coefficient (Wildman–Crippen LogP) is 5.59. The van der Waals surface area contributed by atoms with Gasteiger partial charge < -0.3 is 19.3 Å². The number of amides is 2. The zero-order valence-electron chi connectivity index (χ0n) is 21.0. The van der Waals surface area contributed by atoms with Gasteiger partial charge in [0.25, 0.3) is 5.91 Å². The predicted molar refractivity (Wildman–Crippen MR) is 147 cm³/mol. The van der Waals surface area contributed by atoms with Crippen molar-refractivity contribution >= 4 is 51.6 Å². The molecule has 1 atom stereocenters. The number of phenols is 1. The van der Waals surface area contributed by atoms with Crippen molar-refractivity contribution in [3.8, 4) is 5.75 Å². The summed E-state index contributed by atoms with van der Waals surface area (Å²) in [7, 11) is 0. The first-order valence-corrected chi connectivity index (χ1v) is 13.6. The lowest BCUT2D eigenvalue weighted by molar-refractivity contribution is 0.0238. The molecule has 192 valence electrons. The van der Waals surface area contributed by atoms with Crippen molar-refractivity contribution in [2.24, 2.45) is 0 Å². The largest absolute Gasteiger partial charge is 0.508 e. The highest BCUT2D eigenvalue weighted by molar-refractivity contribution is 14.1. The van der Waals surface area contributed by atoms with Gasteiger partial charge in [0, 0.05) is 41.0 Å². The number of anilines is 1. The van der Waals surface area contributed by atoms with Crippen LogP contribution in [0.25, 0.3) is 11.0 Å². The van der Waals surface area contributed by atoms with E-state index in [1.165, 1.54) is 0 Å². The number of imidazole rings is 1. The highest BCUT2D eigenvalue weighted by atomic mass is 127. The number of halogens is 1. The van der Waals surface area contributed by atoms with E-state index in [0.717, 1.165) is 36.0 Å². The van der Waals surface area contributed by atoms with Crippen molar-refractivity contribution in [1.82, 2.24) is 19.4 Å². The first-order chi connectivity index (χ1) is 17.1. The number of aryl methyl sites for hydroxylation is 1. The van der Waals surface area contributed by atoms with Gasteiger partial charge in [0.05, 0.1) is 17.1 Å². The van der Waals surface area contributed by atoms with Gasteiger partial charge in [-0.3, -0.25) is 15.1 Å². The first-order valence-electron chi connectivity index (χ1n) is 12.1. The molecule has 10 heteroatoms. The molecule has 3 heterocycles. The molecule has 4 rings (SSSR count). The second kappa shape index (κ2) is 10.6. The van der Waals surface area contributed by atoms with Gasteiger partial charge in [0.1, 0.15) is 11.4 Å². The minimum atomic E-state index is -0.589. The zero-order chi connectivity index (χ0) is 26.0. The number of carbonyl (C=O) groups is 2. The number of aromatic nitrogens is 3. The summed E-state index contributed by atoms with van der Waals surface area (Å²) in [6.07, 6.45) is 3.84. The van der Waals surface area contributed by atoms with Crippen LogP contribution in [0.1, 0.15) is 67.7 Å². The maximum atomic E-state index is 13.2. The van der Waals surface area contributed by atoms with E-state index >= 15 is 0 Å². The summed E-state index contributed by atoms with van der Waals surface area (Å²) in [5, 5.41) is 13.3. The molecule has 0 radical (unpaired) electrons. The monoisotopic (exact) mass is 605 g/mol. The fourth-order valence-corrected chi connectivity index (χ4v) is 5.11. The third-order valence-electron chi connectivity index (χ3n) is 6.04. The van der Waals surface area contributed by atoms with E-state index in [2.05, 4.69) is 32.9 Å². The van der Waals surface area contributed by atoms with Crippen molar-refractivity contribution in [3.63, 3.8) is 0 Å². The molecular formula is C26H32IN5O4. The maximum absolute atomic E-state index is 13.2. The zero-order valence-corrected chi connectivity index (χ0v) is 23.2. The number of nitrogens with zero attached hydrogens (tertiary/aromatic N) is 4. The molecule has 2 N–H and O–H groups in total. The van der Waals surface area contributed by atoms with Crippen LogP contribution in [0.5, 0.6) is 5.75 Å². The molecule has 3 aromatic rings. The first kappa shape index (κ1) is 26.2. The second-order valence-electron chi connectivity index (χ2n) is 10.1. The van der Waals surface area contributed by atoms with Crippen LogP contribution in [0.3, 0.4) is 0 Å². The van der Waals surface area contributed by atoms with Gasteiger partial charge in [-0.15, -0.1) is 0 Å². The number of nitrogens with one attached hydrogen (secondary N) is 1. The second-order valence-corrected chi connectivity index (χ2v) is 10.9. The van der Waals surface area contributed by atoms with Crippen LogP contribution < -0.4 is 5.32 Å². The van der Waals surface area contributed by atoms with Crippen molar-refractivity contribution in [2.75, 3.05) is 18.4 Å². The summed E-state index contributed by atoms with van der Waals surface area (Å²) in [6.45, 7) is 8.44. The number of benzene rings is 1. The van der Waals surface area contributed by atoms with Gasteiger partial charge in [-0.25, -0.2) is 9.78 Å². The number of alkyl halides is 1. The van der Waals surface area contributed by atoms with Crippen LogP contribution in [0.2, 0.25) is 0 Å². The number of phenolic OH excluding ortho intramolecular Hbond substituents is 1. The molecule has 0 saturated carbocycles. The van der Waals surface area contributed by atoms with Crippen LogP contribution >= 0.6 is 22.6 Å². The molecule has 1 fully saturated rings. The molecule has 1 saturated heterocycles. The summed E-state index contributed by atoms with van der Waals surface area (Å²) >= 11 is 2.26. The fraction of sp³-hybridized carbons (Fsp3) is 0.462. The summed E-state index contributed by atoms with van der Waals surface area (Å²) in [4.78, 5) is 36.8. The summed E-state index contributed by atoms with van der Waals surface area (Å²) in [5.74, 6) is 0.213. The molecular weight excluding hydrogens is 573 g/mol. The Morgan fingerprint density at radius 1 is 1.25 bits per heavy atom. The quantitative estimate of drug-likeness (QED) is 0.296. The van der Waals surface area contributed by atoms with E-state index in [0.29, 0.717) is 34.5 Å². The molecule has 0 aliphatic carbocycles. The van der Waals surface area contributed by atoms with Gasteiger partial charge in [0.15, 0.2) is 0 Å². The number of carbonyl (C=O) groups excluding carboxylic acids is 2. The summed E-state index contributed by atoms with van der Waals surface area (Å²) in [5.41, 5.74) is 2.98. The molecule has 2 amide bonds. The van der Waals surface area contributed by atoms with Gasteiger partial charge in [0.2, 0.25) is 5.95 Å². The Labute approximate surface area is 224 Å². The number of ether oxygens (including phenoxy) is 1. The molecule has 0 unspecified atom stereocenters. The third-order valence-corrected chi connectivity index (χ3v) is 6.86. The van der Waals surface area contributed by atoms with Crippen molar-refractivity contribution in [1.29, 1.82) is 0 Å². The lowest BCUT2D eigenvalue weighted by Crippen LogP contribution is -2.39. The molecule has 9 nitrogen and oxygen atoms in total. The Balaban J connectivity index is 1.77. The molecule has 1 aliphatic rings. The fourth-order valence-electron chi connectivity index (χ4n) is 4.53. The molecule has 1 aromatic carbocycles. The summed E-state index contributed by atoms with van der Waals surface area (Å²) in [6, 6.07) is 6.59. The maximum Gasteiger partial charge on any atom is 0.410 e. The molecule has 0 spiro atoms. The Morgan fingerprint density at radius 2 is 2.03 bits per heavy atom. The van der Waals surface area contributed by atoms with Gasteiger partial charge >= 0.3 is 6.09 Å². The Morgan fingerprint density at radius 3 is 2.72 bits per heavy atom. The van der Waals surface area contributed by atoms with E-state index in [9.17, 15) is 14.7 Å². The molecule has 36 heavy (non-hydrogen) atoms. The van der Waals surface area contributed by atoms with Crippen LogP contribution in [-0.4, -0.2) is 55.2 Å². The van der Waals surface area contributed by atoms with E-state index in [1.54, 1.807) is 35.4 Å². The highest BCUT2D eigenvalue weighted by Gasteiger charge is 2.30. The molecule has 2 aromatic heterocycles. The van der Waals surface area contributed by atoms with E-state index in [4.69, 9.17) is 9.72 Å². The number of rotatable bonds is 4. The Hall–Kier alpha value is -2.89. The Bertz CT molecular complexity index is 1280. The third kappa shape index (κ3) is 5.91. The number of hydrogen-bond donors (Lipinski definition) is 2. The average Bonchev–Trinajstić information content (AvgIpc) is 2.98. The van der Waals surface area contributed by atoms with Crippen LogP contribution in [0.15, 0.2) is 30.5 Å². The lowest BCUT2D eigenvalue weighted by Gasteiger charge is -2.29. The number of hydrogen-bond acceptors (Lipinski definition) is 6. The minimum Gasteiger partial charge on any atom is -0.508 e. The number of fused-ring (bicyclic) bond motifs is 1. The molecule has 0 bridgehead atoms. The number of pyridine rings is 1. The van der Waals surface area contributed by atoms with Gasteiger partial charge in [-0.05, 0) is 70.7 Å². The smallest absolute Gasteiger partial charge is 0.410 e. The number of likely N-dealkylation sites (tertiary alicyclic amines) is 1. The van der Waals surface area contributed by atoms with E-state index < -0.39 is 5.60 Å². The summed E-state index contributed by atoms with van der Waals surface area (Å²) < 4.78 is 8.33. The van der Waals surface area contributed by atoms with E-state index in [1.807, 2.05) is 32.3 Å².